The van der Waals surface area contributed by atoms with Crippen molar-refractivity contribution in [1.82, 2.24) is 0 Å². The van der Waals surface area contributed by atoms with Crippen molar-refractivity contribution < 1.29 is 29.0 Å². The van der Waals surface area contributed by atoms with Gasteiger partial charge in [-0.3, -0.25) is 9.59 Å². The molecule has 158 valence electrons. The van der Waals surface area contributed by atoms with Crippen LogP contribution in [0.3, 0.4) is 0 Å². The van der Waals surface area contributed by atoms with Crippen molar-refractivity contribution in [2.24, 2.45) is 0 Å². The number of rotatable bonds is 16. The van der Waals surface area contributed by atoms with E-state index >= 15 is 0 Å². The van der Waals surface area contributed by atoms with Crippen LogP contribution in [-0.2, 0) is 14.3 Å². The summed E-state index contributed by atoms with van der Waals surface area (Å²) < 4.78 is 5.78. The molecular weight excluding hydrogens is 346 g/mol. The van der Waals surface area contributed by atoms with E-state index in [1.165, 1.54) is 32.1 Å². The number of hydrogen-bond donors (Lipinski definition) is 2. The van der Waals surface area contributed by atoms with E-state index in [4.69, 9.17) is 9.84 Å². The first-order chi connectivity index (χ1) is 12.6. The molecule has 0 aromatic rings. The number of carbonyl (C=O) groups excluding carboxylic acids is 1. The predicted molar refractivity (Wildman–Crippen MR) is 107 cm³/mol. The van der Waals surface area contributed by atoms with Gasteiger partial charge in [0.15, 0.2) is 6.10 Å². The van der Waals surface area contributed by atoms with E-state index in [0.717, 1.165) is 12.8 Å². The molecule has 2 N–H and O–H groups in total. The van der Waals surface area contributed by atoms with Crippen LogP contribution >= 0.6 is 0 Å². The van der Waals surface area contributed by atoms with Crippen LogP contribution in [-0.4, -0.2) is 66.5 Å². The molecule has 0 amide bonds. The number of esters is 1. The minimum Gasteiger partial charge on any atom is -0.481 e. The van der Waals surface area contributed by atoms with Gasteiger partial charge in [-0.25, -0.2) is 0 Å². The van der Waals surface area contributed by atoms with Gasteiger partial charge in [-0.1, -0.05) is 51.2 Å². The molecule has 0 fully saturated rings. The van der Waals surface area contributed by atoms with Crippen LogP contribution in [0.25, 0.3) is 0 Å². The van der Waals surface area contributed by atoms with Gasteiger partial charge >= 0.3 is 11.9 Å². The van der Waals surface area contributed by atoms with Gasteiger partial charge in [0.05, 0.1) is 40.1 Å². The molecule has 0 bridgehead atoms. The van der Waals surface area contributed by atoms with Gasteiger partial charge in [-0.2, -0.15) is 0 Å². The zero-order chi connectivity index (χ0) is 20.7. The summed E-state index contributed by atoms with van der Waals surface area (Å²) in [5.74, 6) is -1.55. The summed E-state index contributed by atoms with van der Waals surface area (Å²) in [4.78, 5) is 22.9. The number of aliphatic hydroxyl groups excluding tert-OH is 1. The largest absolute Gasteiger partial charge is 0.481 e. The first-order valence-electron chi connectivity index (χ1n) is 10.2. The van der Waals surface area contributed by atoms with Crippen LogP contribution < -0.4 is 0 Å². The van der Waals surface area contributed by atoms with Crippen molar-refractivity contribution in [3.8, 4) is 0 Å². The average Bonchev–Trinajstić information content (AvgIpc) is 2.50. The molecule has 0 aliphatic heterocycles. The van der Waals surface area contributed by atoms with Gasteiger partial charge in [-0.15, -0.1) is 0 Å². The maximum Gasteiger partial charge on any atom is 0.308 e. The highest BCUT2D eigenvalue weighted by atomic mass is 16.5. The van der Waals surface area contributed by atoms with Crippen LogP contribution in [0.4, 0.5) is 0 Å². The Morgan fingerprint density at radius 3 is 2.22 bits per heavy atom. The van der Waals surface area contributed by atoms with E-state index in [2.05, 4.69) is 13.0 Å². The minimum absolute atomic E-state index is 0.116. The fourth-order valence-corrected chi connectivity index (χ4v) is 2.87. The second kappa shape index (κ2) is 14.6. The fourth-order valence-electron chi connectivity index (χ4n) is 2.87. The molecule has 0 radical (unpaired) electrons. The quantitative estimate of drug-likeness (QED) is 0.183. The van der Waals surface area contributed by atoms with Crippen LogP contribution in [0.5, 0.6) is 0 Å². The number of aliphatic hydroxyl groups is 1. The van der Waals surface area contributed by atoms with Crippen LogP contribution in [0.1, 0.15) is 71.1 Å². The van der Waals surface area contributed by atoms with Crippen molar-refractivity contribution in [2.75, 3.05) is 27.7 Å². The summed E-state index contributed by atoms with van der Waals surface area (Å²) >= 11 is 0. The number of unbranched alkanes of at least 4 members (excludes halogenated alkanes) is 6. The van der Waals surface area contributed by atoms with Crippen molar-refractivity contribution >= 4 is 11.9 Å². The molecule has 0 aliphatic carbocycles. The lowest BCUT2D eigenvalue weighted by Crippen LogP contribution is -2.44. The van der Waals surface area contributed by atoms with Gasteiger partial charge in [-0.05, 0) is 19.3 Å². The number of likely N-dealkylation sites (N-methyl/N-ethyl adjacent to an activating group) is 1. The molecule has 6 nitrogen and oxygen atoms in total. The fraction of sp³-hybridized carbons (Fsp3) is 0.810. The Bertz CT molecular complexity index is 442. The molecule has 27 heavy (non-hydrogen) atoms. The lowest BCUT2D eigenvalue weighted by molar-refractivity contribution is -0.873. The van der Waals surface area contributed by atoms with E-state index in [0.29, 0.717) is 17.4 Å². The number of nitrogens with zero attached hydrogens (tertiary/aromatic N) is 1. The number of allylic oxidation sites excluding steroid dienone is 1. The number of quaternary nitrogens is 1. The third-order valence-electron chi connectivity index (χ3n) is 4.15. The number of carbonyl (C=O) groups is 2. The Balaban J connectivity index is 4.06. The number of ether oxygens (including phenoxy) is 1. The van der Waals surface area contributed by atoms with E-state index in [-0.39, 0.29) is 12.8 Å². The highest BCUT2D eigenvalue weighted by Gasteiger charge is 2.25. The maximum atomic E-state index is 12.0. The molecule has 6 heteroatoms. The van der Waals surface area contributed by atoms with Crippen molar-refractivity contribution in [2.45, 2.75) is 83.3 Å². The molecule has 0 saturated carbocycles. The van der Waals surface area contributed by atoms with Crippen molar-refractivity contribution in [3.63, 3.8) is 0 Å². The molecule has 0 heterocycles. The Morgan fingerprint density at radius 2 is 1.63 bits per heavy atom. The molecule has 0 rings (SSSR count). The summed E-state index contributed by atoms with van der Waals surface area (Å²) in [5, 5.41) is 18.9. The topological polar surface area (TPSA) is 83.8 Å². The van der Waals surface area contributed by atoms with Gasteiger partial charge in [0.25, 0.3) is 0 Å². The van der Waals surface area contributed by atoms with Crippen molar-refractivity contribution in [3.05, 3.63) is 12.2 Å². The lowest BCUT2D eigenvalue weighted by atomic mass is 10.1. The first kappa shape index (κ1) is 25.6. The van der Waals surface area contributed by atoms with Gasteiger partial charge < -0.3 is 19.4 Å². The second-order valence-electron chi connectivity index (χ2n) is 8.30. The first-order valence-corrected chi connectivity index (χ1v) is 10.2. The molecule has 2 atom stereocenters. The van der Waals surface area contributed by atoms with Gasteiger partial charge in [0.1, 0.15) is 6.54 Å². The Hall–Kier alpha value is -1.40. The zero-order valence-corrected chi connectivity index (χ0v) is 17.7. The average molecular weight is 387 g/mol. The SMILES string of the molecule is CCCCCCCC/C=C\C[C@H](O)CC(=O)O[C@H](CC(=O)O)C[N+](C)(C)C. The van der Waals surface area contributed by atoms with E-state index in [9.17, 15) is 14.7 Å². The number of carboxylic acid groups (broad SMARTS) is 1. The molecule has 0 saturated heterocycles. The summed E-state index contributed by atoms with van der Waals surface area (Å²) in [6.45, 7) is 2.62. The summed E-state index contributed by atoms with van der Waals surface area (Å²) in [5.41, 5.74) is 0. The standard InChI is InChI=1S/C21H39NO5/c1-5-6-7-8-9-10-11-12-13-14-18(23)15-21(26)27-19(16-20(24)25)17-22(2,3)4/h12-13,18-19,23H,5-11,14-17H2,1-4H3/p+1/b13-12-/t18-,19+/m0/s1. The smallest absolute Gasteiger partial charge is 0.308 e. The lowest BCUT2D eigenvalue weighted by Gasteiger charge is -2.28. The molecule has 0 spiro atoms. The maximum absolute atomic E-state index is 12.0. The van der Waals surface area contributed by atoms with Gasteiger partial charge in [0, 0.05) is 0 Å². The molecule has 0 aliphatic rings. The summed E-state index contributed by atoms with van der Waals surface area (Å²) in [6, 6.07) is 0. The zero-order valence-electron chi connectivity index (χ0n) is 17.7. The van der Waals surface area contributed by atoms with Gasteiger partial charge in [0.2, 0.25) is 0 Å². The third kappa shape index (κ3) is 17.8. The van der Waals surface area contributed by atoms with Crippen molar-refractivity contribution in [1.29, 1.82) is 0 Å². The third-order valence-corrected chi connectivity index (χ3v) is 4.15. The molecular formula is C21H40NO5+. The normalized spacial score (nSPS) is 14.3. The minimum atomic E-state index is -1.00. The van der Waals surface area contributed by atoms with E-state index in [1.54, 1.807) is 0 Å². The summed E-state index contributed by atoms with van der Waals surface area (Å²) in [6.07, 6.45) is 11.1. The molecule has 0 aromatic heterocycles. The Kier molecular flexibility index (Phi) is 13.9. The molecule has 0 aromatic carbocycles. The highest BCUT2D eigenvalue weighted by Crippen LogP contribution is 2.10. The monoisotopic (exact) mass is 386 g/mol. The number of hydrogen-bond acceptors (Lipinski definition) is 4. The number of carboxylic acids is 1. The Labute approximate surface area is 164 Å². The highest BCUT2D eigenvalue weighted by molar-refractivity contribution is 5.72. The Morgan fingerprint density at radius 1 is 1.00 bits per heavy atom. The number of aliphatic carboxylic acids is 1. The molecule has 0 unspecified atom stereocenters. The van der Waals surface area contributed by atoms with E-state index in [1.807, 2.05) is 27.2 Å². The van der Waals surface area contributed by atoms with Crippen LogP contribution in [0.2, 0.25) is 0 Å². The van der Waals surface area contributed by atoms with Crippen LogP contribution in [0.15, 0.2) is 12.2 Å². The van der Waals surface area contributed by atoms with Crippen LogP contribution in [0, 0.1) is 0 Å². The summed E-state index contributed by atoms with van der Waals surface area (Å²) in [7, 11) is 5.73. The van der Waals surface area contributed by atoms with E-state index < -0.39 is 24.1 Å². The second-order valence-corrected chi connectivity index (χ2v) is 8.30. The predicted octanol–water partition coefficient (Wildman–Crippen LogP) is 3.53.